The minimum Gasteiger partial charge on any atom is -0.489 e. The van der Waals surface area contributed by atoms with E-state index >= 15 is 0 Å². The molecule has 0 radical (unpaired) electrons. The Bertz CT molecular complexity index is 497. The molecule has 0 saturated carbocycles. The summed E-state index contributed by atoms with van der Waals surface area (Å²) in [7, 11) is 0. The number of pyridine rings is 1. The van der Waals surface area contributed by atoms with Gasteiger partial charge in [0.05, 0.1) is 0 Å². The van der Waals surface area contributed by atoms with Gasteiger partial charge in [-0.2, -0.15) is 0 Å². The molecule has 2 rings (SSSR count). The van der Waals surface area contributed by atoms with Crippen molar-refractivity contribution in [1.82, 2.24) is 4.98 Å². The molecular weight excluding hydrogens is 226 g/mol. The fourth-order valence-electron chi connectivity index (χ4n) is 1.67. The molecule has 1 heterocycles. The molecule has 0 spiro atoms. The second-order valence-corrected chi connectivity index (χ2v) is 3.94. The topological polar surface area (TPSA) is 60.2 Å². The second kappa shape index (κ2) is 6.02. The number of nitrogen functional groups attached to an aromatic ring is 1. The molecule has 1 aromatic carbocycles. The van der Waals surface area contributed by atoms with Crippen molar-refractivity contribution in [3.63, 3.8) is 0 Å². The molecule has 0 aliphatic heterocycles. The zero-order valence-electron chi connectivity index (χ0n) is 10.4. The van der Waals surface area contributed by atoms with Gasteiger partial charge in [0.1, 0.15) is 18.2 Å². The number of aromatic nitrogens is 1. The van der Waals surface area contributed by atoms with E-state index in [9.17, 15) is 0 Å². The van der Waals surface area contributed by atoms with Crippen LogP contribution in [0, 0.1) is 0 Å². The number of anilines is 1. The fraction of sp³-hybridized carbons (Fsp3) is 0.214. The average Bonchev–Trinajstić information content (AvgIpc) is 2.46. The van der Waals surface area contributed by atoms with Crippen molar-refractivity contribution in [3.05, 3.63) is 53.7 Å². The summed E-state index contributed by atoms with van der Waals surface area (Å²) >= 11 is 0. The van der Waals surface area contributed by atoms with Gasteiger partial charge in [-0.25, -0.2) is 10.8 Å². The second-order valence-electron chi connectivity index (χ2n) is 3.94. The van der Waals surface area contributed by atoms with E-state index in [4.69, 9.17) is 10.6 Å². The lowest BCUT2D eigenvalue weighted by Crippen LogP contribution is -2.12. The first kappa shape index (κ1) is 12.4. The molecule has 2 aromatic rings. The third-order valence-electron chi connectivity index (χ3n) is 2.75. The number of hydrogen-bond acceptors (Lipinski definition) is 4. The number of ether oxygens (including phenoxy) is 1. The highest BCUT2D eigenvalue weighted by atomic mass is 16.5. The minimum absolute atomic E-state index is 0.443. The minimum atomic E-state index is 0.443. The molecule has 3 N–H and O–H groups in total. The van der Waals surface area contributed by atoms with Crippen molar-refractivity contribution in [3.8, 4) is 5.75 Å². The molecule has 4 heteroatoms. The normalized spacial score (nSPS) is 10.1. The monoisotopic (exact) mass is 243 g/mol. The molecule has 94 valence electrons. The highest BCUT2D eigenvalue weighted by Gasteiger charge is 2.02. The highest BCUT2D eigenvalue weighted by Crippen LogP contribution is 2.16. The lowest BCUT2D eigenvalue weighted by Gasteiger charge is -2.09. The maximum absolute atomic E-state index is 5.70. The smallest absolute Gasteiger partial charge is 0.146 e. The molecule has 1 aromatic heterocycles. The molecule has 4 nitrogen and oxygen atoms in total. The van der Waals surface area contributed by atoms with Crippen molar-refractivity contribution < 1.29 is 4.74 Å². The average molecular weight is 243 g/mol. The summed E-state index contributed by atoms with van der Waals surface area (Å²) in [5.74, 6) is 6.88. The molecule has 0 aliphatic carbocycles. The van der Waals surface area contributed by atoms with Crippen molar-refractivity contribution in [1.29, 1.82) is 0 Å². The predicted molar refractivity (Wildman–Crippen MR) is 72.2 cm³/mol. The van der Waals surface area contributed by atoms with Gasteiger partial charge in [-0.3, -0.25) is 0 Å². The van der Waals surface area contributed by atoms with Gasteiger partial charge in [-0.1, -0.05) is 25.1 Å². The Labute approximate surface area is 107 Å². The maximum Gasteiger partial charge on any atom is 0.146 e. The van der Waals surface area contributed by atoms with Gasteiger partial charge in [0, 0.05) is 11.8 Å². The van der Waals surface area contributed by atoms with E-state index in [0.717, 1.165) is 17.7 Å². The van der Waals surface area contributed by atoms with E-state index in [1.54, 1.807) is 6.20 Å². The van der Waals surface area contributed by atoms with E-state index in [1.165, 1.54) is 5.56 Å². The van der Waals surface area contributed by atoms with Gasteiger partial charge in [0.25, 0.3) is 0 Å². The van der Waals surface area contributed by atoms with Crippen LogP contribution in [0.5, 0.6) is 5.75 Å². The van der Waals surface area contributed by atoms with Crippen LogP contribution in [0.1, 0.15) is 18.1 Å². The Morgan fingerprint density at radius 2 is 2.00 bits per heavy atom. The van der Waals surface area contributed by atoms with Crippen molar-refractivity contribution >= 4 is 5.82 Å². The zero-order valence-corrected chi connectivity index (χ0v) is 10.4. The van der Waals surface area contributed by atoms with Crippen molar-refractivity contribution in [2.24, 2.45) is 5.84 Å². The number of nitrogens with one attached hydrogen (secondary N) is 1. The van der Waals surface area contributed by atoms with E-state index < -0.39 is 0 Å². The molecule has 0 unspecified atom stereocenters. The van der Waals surface area contributed by atoms with Gasteiger partial charge in [0.15, 0.2) is 0 Å². The molecule has 0 fully saturated rings. The van der Waals surface area contributed by atoms with Crippen LogP contribution in [-0.4, -0.2) is 4.98 Å². The number of nitrogens with two attached hydrogens (primary N) is 1. The van der Waals surface area contributed by atoms with Crippen molar-refractivity contribution in [2.75, 3.05) is 5.43 Å². The Morgan fingerprint density at radius 3 is 2.67 bits per heavy atom. The predicted octanol–water partition coefficient (Wildman–Crippen LogP) is 2.51. The first-order chi connectivity index (χ1) is 8.83. The van der Waals surface area contributed by atoms with Crippen LogP contribution in [-0.2, 0) is 13.0 Å². The van der Waals surface area contributed by atoms with Gasteiger partial charge >= 0.3 is 0 Å². The number of benzene rings is 1. The molecule has 0 saturated heterocycles. The van der Waals surface area contributed by atoms with Crippen LogP contribution < -0.4 is 16.0 Å². The summed E-state index contributed by atoms with van der Waals surface area (Å²) in [6.07, 6.45) is 2.72. The first-order valence-corrected chi connectivity index (χ1v) is 5.95. The van der Waals surface area contributed by atoms with Gasteiger partial charge < -0.3 is 10.2 Å². The third-order valence-corrected chi connectivity index (χ3v) is 2.75. The third kappa shape index (κ3) is 2.99. The molecule has 0 atom stereocenters. The lowest BCUT2D eigenvalue weighted by atomic mass is 10.2. The molecule has 0 aliphatic rings. The van der Waals surface area contributed by atoms with Crippen LogP contribution >= 0.6 is 0 Å². The van der Waals surface area contributed by atoms with Gasteiger partial charge in [0.2, 0.25) is 0 Å². The summed E-state index contributed by atoms with van der Waals surface area (Å²) in [5, 5.41) is 0. The number of hydrogen-bond donors (Lipinski definition) is 2. The molecular formula is C14H17N3O. The summed E-state index contributed by atoms with van der Waals surface area (Å²) in [6, 6.07) is 11.9. The van der Waals surface area contributed by atoms with Crippen LogP contribution in [0.2, 0.25) is 0 Å². The fourth-order valence-corrected chi connectivity index (χ4v) is 1.67. The number of rotatable bonds is 5. The van der Waals surface area contributed by atoms with Crippen LogP contribution in [0.3, 0.4) is 0 Å². The maximum atomic E-state index is 5.70. The summed E-state index contributed by atoms with van der Waals surface area (Å²) in [6.45, 7) is 2.57. The Hall–Kier alpha value is -2.07. The number of hydrazine groups is 1. The molecule has 18 heavy (non-hydrogen) atoms. The quantitative estimate of drug-likeness (QED) is 0.625. The van der Waals surface area contributed by atoms with E-state index in [0.29, 0.717) is 12.4 Å². The standard InChI is InChI=1S/C14H17N3O/c1-2-11-5-7-13(8-6-11)18-10-12-4-3-9-16-14(12)17-15/h3-9H,2,10,15H2,1H3,(H,16,17). The largest absolute Gasteiger partial charge is 0.489 e. The van der Waals surface area contributed by atoms with Gasteiger partial charge in [-0.05, 0) is 30.2 Å². The van der Waals surface area contributed by atoms with Crippen molar-refractivity contribution in [2.45, 2.75) is 20.0 Å². The number of nitrogens with zero attached hydrogens (tertiary/aromatic N) is 1. The number of aryl methyl sites for hydroxylation is 1. The molecule has 0 bridgehead atoms. The first-order valence-electron chi connectivity index (χ1n) is 5.95. The van der Waals surface area contributed by atoms with Crippen LogP contribution in [0.25, 0.3) is 0 Å². The van der Waals surface area contributed by atoms with Crippen LogP contribution in [0.15, 0.2) is 42.6 Å². The summed E-state index contributed by atoms with van der Waals surface area (Å²) in [4.78, 5) is 4.12. The van der Waals surface area contributed by atoms with Gasteiger partial charge in [-0.15, -0.1) is 0 Å². The Morgan fingerprint density at radius 1 is 1.22 bits per heavy atom. The van der Waals surface area contributed by atoms with E-state index in [-0.39, 0.29) is 0 Å². The zero-order chi connectivity index (χ0) is 12.8. The summed E-state index contributed by atoms with van der Waals surface area (Å²) in [5.41, 5.74) is 4.79. The summed E-state index contributed by atoms with van der Waals surface area (Å²) < 4.78 is 5.70. The Balaban J connectivity index is 2.02. The SMILES string of the molecule is CCc1ccc(OCc2cccnc2NN)cc1. The van der Waals surface area contributed by atoms with E-state index in [2.05, 4.69) is 29.5 Å². The Kier molecular flexibility index (Phi) is 4.15. The highest BCUT2D eigenvalue weighted by molar-refractivity contribution is 5.42. The van der Waals surface area contributed by atoms with E-state index in [1.807, 2.05) is 24.3 Å². The molecule has 0 amide bonds. The lowest BCUT2D eigenvalue weighted by molar-refractivity contribution is 0.306. The van der Waals surface area contributed by atoms with Crippen LogP contribution in [0.4, 0.5) is 5.82 Å².